The number of hydrogen-bond acceptors (Lipinski definition) is 4. The standard InChI is InChI=1S/C21H21N3O3/c25-19(11-12-20-23-17-4-1-2-5-18(17)27-20)22-14-15-7-9-16(10-8-15)24-13-3-6-21(24)26/h1-2,4-5,7-10H,3,6,11-14H2,(H,22,25). The van der Waals surface area contributed by atoms with E-state index in [9.17, 15) is 9.59 Å². The van der Waals surface area contributed by atoms with Crippen LogP contribution in [0.5, 0.6) is 0 Å². The maximum absolute atomic E-state index is 12.1. The molecule has 1 fully saturated rings. The van der Waals surface area contributed by atoms with Gasteiger partial charge in [-0.3, -0.25) is 9.59 Å². The van der Waals surface area contributed by atoms with Crippen LogP contribution in [-0.2, 0) is 22.6 Å². The first kappa shape index (κ1) is 17.3. The molecule has 0 aliphatic carbocycles. The van der Waals surface area contributed by atoms with Crippen molar-refractivity contribution in [3.05, 3.63) is 60.0 Å². The molecular weight excluding hydrogens is 342 g/mol. The van der Waals surface area contributed by atoms with Crippen LogP contribution in [-0.4, -0.2) is 23.3 Å². The first-order valence-electron chi connectivity index (χ1n) is 9.19. The van der Waals surface area contributed by atoms with E-state index < -0.39 is 0 Å². The molecule has 0 bridgehead atoms. The van der Waals surface area contributed by atoms with Crippen molar-refractivity contribution in [3.63, 3.8) is 0 Å². The Morgan fingerprint density at radius 3 is 2.70 bits per heavy atom. The summed E-state index contributed by atoms with van der Waals surface area (Å²) in [6, 6.07) is 15.3. The zero-order valence-electron chi connectivity index (χ0n) is 15.0. The molecule has 0 radical (unpaired) electrons. The van der Waals surface area contributed by atoms with E-state index in [1.165, 1.54) is 0 Å². The van der Waals surface area contributed by atoms with E-state index >= 15 is 0 Å². The summed E-state index contributed by atoms with van der Waals surface area (Å²) in [6.07, 6.45) is 2.33. The van der Waals surface area contributed by atoms with Crippen molar-refractivity contribution in [1.82, 2.24) is 10.3 Å². The molecule has 1 aliphatic rings. The van der Waals surface area contributed by atoms with Crippen molar-refractivity contribution in [2.45, 2.75) is 32.2 Å². The molecule has 2 heterocycles. The maximum atomic E-state index is 12.1. The number of hydrogen-bond donors (Lipinski definition) is 1. The molecule has 6 nitrogen and oxygen atoms in total. The fraction of sp³-hybridized carbons (Fsp3) is 0.286. The van der Waals surface area contributed by atoms with Gasteiger partial charge in [-0.2, -0.15) is 0 Å². The number of amides is 2. The lowest BCUT2D eigenvalue weighted by Crippen LogP contribution is -2.24. The van der Waals surface area contributed by atoms with Crippen LogP contribution < -0.4 is 10.2 Å². The number of benzene rings is 2. The third-order valence-electron chi connectivity index (χ3n) is 4.72. The highest BCUT2D eigenvalue weighted by Gasteiger charge is 2.21. The minimum atomic E-state index is -0.0453. The first-order chi connectivity index (χ1) is 13.2. The highest BCUT2D eigenvalue weighted by atomic mass is 16.3. The second kappa shape index (κ2) is 7.61. The number of aryl methyl sites for hydroxylation is 1. The molecule has 0 saturated carbocycles. The van der Waals surface area contributed by atoms with E-state index in [0.717, 1.165) is 35.3 Å². The molecule has 0 atom stereocenters. The van der Waals surface area contributed by atoms with Gasteiger partial charge in [0.2, 0.25) is 11.8 Å². The third kappa shape index (κ3) is 4.00. The zero-order valence-corrected chi connectivity index (χ0v) is 15.0. The fourth-order valence-electron chi connectivity index (χ4n) is 3.25. The molecule has 1 saturated heterocycles. The van der Waals surface area contributed by atoms with Gasteiger partial charge < -0.3 is 14.6 Å². The van der Waals surface area contributed by atoms with Crippen LogP contribution in [0.1, 0.15) is 30.7 Å². The number of nitrogens with one attached hydrogen (secondary N) is 1. The quantitative estimate of drug-likeness (QED) is 0.730. The third-order valence-corrected chi connectivity index (χ3v) is 4.72. The SMILES string of the molecule is O=C(CCc1nc2ccccc2o1)NCc1ccc(N2CCCC2=O)cc1. The number of aromatic nitrogens is 1. The molecule has 1 aromatic heterocycles. The molecule has 0 unspecified atom stereocenters. The van der Waals surface area contributed by atoms with Crippen LogP contribution in [0, 0.1) is 0 Å². The summed E-state index contributed by atoms with van der Waals surface area (Å²) in [5.41, 5.74) is 3.47. The van der Waals surface area contributed by atoms with E-state index in [2.05, 4.69) is 10.3 Å². The summed E-state index contributed by atoms with van der Waals surface area (Å²) in [6.45, 7) is 1.24. The smallest absolute Gasteiger partial charge is 0.227 e. The van der Waals surface area contributed by atoms with Gasteiger partial charge in [0.15, 0.2) is 11.5 Å². The number of para-hydroxylation sites is 2. The highest BCUT2D eigenvalue weighted by molar-refractivity contribution is 5.95. The lowest BCUT2D eigenvalue weighted by molar-refractivity contribution is -0.121. The van der Waals surface area contributed by atoms with Crippen molar-refractivity contribution < 1.29 is 14.0 Å². The number of anilines is 1. The van der Waals surface area contributed by atoms with Gasteiger partial charge in [0, 0.05) is 38.0 Å². The normalized spacial score (nSPS) is 14.1. The van der Waals surface area contributed by atoms with Gasteiger partial charge in [-0.15, -0.1) is 0 Å². The van der Waals surface area contributed by atoms with Gasteiger partial charge in [0.05, 0.1) is 0 Å². The summed E-state index contributed by atoms with van der Waals surface area (Å²) in [5.74, 6) is 0.706. The fourth-order valence-corrected chi connectivity index (χ4v) is 3.25. The number of carbonyl (C=O) groups is 2. The summed E-state index contributed by atoms with van der Waals surface area (Å²) >= 11 is 0. The minimum absolute atomic E-state index is 0.0453. The average Bonchev–Trinajstić information content (AvgIpc) is 3.30. The second-order valence-corrected chi connectivity index (χ2v) is 6.67. The number of rotatable bonds is 6. The van der Waals surface area contributed by atoms with Gasteiger partial charge in [0.25, 0.3) is 0 Å². The summed E-state index contributed by atoms with van der Waals surface area (Å²) in [7, 11) is 0. The molecule has 0 spiro atoms. The summed E-state index contributed by atoms with van der Waals surface area (Å²) < 4.78 is 5.63. The number of carbonyl (C=O) groups excluding carboxylic acids is 2. The van der Waals surface area contributed by atoms with Crippen LogP contribution in [0.15, 0.2) is 52.9 Å². The van der Waals surface area contributed by atoms with E-state index in [1.807, 2.05) is 53.4 Å². The van der Waals surface area contributed by atoms with E-state index in [1.54, 1.807) is 0 Å². The molecule has 2 amide bonds. The molecule has 3 aromatic rings. The summed E-state index contributed by atoms with van der Waals surface area (Å²) in [4.78, 5) is 30.1. The molecule has 138 valence electrons. The molecule has 1 aliphatic heterocycles. The molecule has 6 heteroatoms. The predicted octanol–water partition coefficient (Wildman–Crippen LogP) is 3.20. The van der Waals surface area contributed by atoms with Crippen molar-refractivity contribution >= 4 is 28.6 Å². The van der Waals surface area contributed by atoms with Crippen molar-refractivity contribution in [2.75, 3.05) is 11.4 Å². The van der Waals surface area contributed by atoms with Crippen LogP contribution in [0.4, 0.5) is 5.69 Å². The van der Waals surface area contributed by atoms with Crippen LogP contribution >= 0.6 is 0 Å². The van der Waals surface area contributed by atoms with Gasteiger partial charge >= 0.3 is 0 Å². The Morgan fingerprint density at radius 1 is 1.15 bits per heavy atom. The van der Waals surface area contributed by atoms with E-state index in [-0.39, 0.29) is 11.8 Å². The van der Waals surface area contributed by atoms with Crippen LogP contribution in [0.25, 0.3) is 11.1 Å². The maximum Gasteiger partial charge on any atom is 0.227 e. The topological polar surface area (TPSA) is 75.4 Å². The number of nitrogens with zero attached hydrogens (tertiary/aromatic N) is 2. The Morgan fingerprint density at radius 2 is 1.96 bits per heavy atom. The van der Waals surface area contributed by atoms with E-state index in [0.29, 0.717) is 31.7 Å². The van der Waals surface area contributed by atoms with Crippen molar-refractivity contribution in [1.29, 1.82) is 0 Å². The summed E-state index contributed by atoms with van der Waals surface area (Å²) in [5, 5.41) is 2.91. The van der Waals surface area contributed by atoms with Gasteiger partial charge in [-0.25, -0.2) is 4.98 Å². The molecule has 4 rings (SSSR count). The lowest BCUT2D eigenvalue weighted by atomic mass is 10.2. The molecule has 2 aromatic carbocycles. The van der Waals surface area contributed by atoms with Crippen LogP contribution in [0.3, 0.4) is 0 Å². The number of oxazole rings is 1. The van der Waals surface area contributed by atoms with Gasteiger partial charge in [0.1, 0.15) is 5.52 Å². The Labute approximate surface area is 157 Å². The highest BCUT2D eigenvalue weighted by Crippen LogP contribution is 2.21. The molecule has 1 N–H and O–H groups in total. The zero-order chi connectivity index (χ0) is 18.6. The van der Waals surface area contributed by atoms with Crippen molar-refractivity contribution in [3.8, 4) is 0 Å². The lowest BCUT2D eigenvalue weighted by Gasteiger charge is -2.16. The minimum Gasteiger partial charge on any atom is -0.441 e. The first-order valence-corrected chi connectivity index (χ1v) is 9.19. The average molecular weight is 363 g/mol. The monoisotopic (exact) mass is 363 g/mol. The Hall–Kier alpha value is -3.15. The largest absolute Gasteiger partial charge is 0.441 e. The Kier molecular flexibility index (Phi) is 4.87. The van der Waals surface area contributed by atoms with Crippen LogP contribution in [0.2, 0.25) is 0 Å². The van der Waals surface area contributed by atoms with Gasteiger partial charge in [-0.05, 0) is 36.2 Å². The number of fused-ring (bicyclic) bond motifs is 1. The van der Waals surface area contributed by atoms with E-state index in [4.69, 9.17) is 4.42 Å². The predicted molar refractivity (Wildman–Crippen MR) is 102 cm³/mol. The van der Waals surface area contributed by atoms with Gasteiger partial charge in [-0.1, -0.05) is 24.3 Å². The Bertz CT molecular complexity index is 929. The molecule has 27 heavy (non-hydrogen) atoms. The van der Waals surface area contributed by atoms with Crippen molar-refractivity contribution in [2.24, 2.45) is 0 Å². The molecular formula is C21H21N3O3. The second-order valence-electron chi connectivity index (χ2n) is 6.67. The Balaban J connectivity index is 1.27.